The van der Waals surface area contributed by atoms with Crippen molar-refractivity contribution in [1.82, 2.24) is 0 Å². The molecular weight excluding hydrogens is 385 g/mol. The minimum Gasteiger partial charge on any atom is -0.490 e. The normalized spacial score (nSPS) is 24.5. The number of carbonyl (C=O) groups excluding carboxylic acids is 1. The molecule has 0 saturated heterocycles. The smallest absolute Gasteiger partial charge is 0.490 e. The fourth-order valence-corrected chi connectivity index (χ4v) is 3.90. The third-order valence-electron chi connectivity index (χ3n) is 4.35. The molecule has 2 aliphatic rings. The molecule has 0 amide bonds. The van der Waals surface area contributed by atoms with Gasteiger partial charge in [0.15, 0.2) is 0 Å². The van der Waals surface area contributed by atoms with Crippen molar-refractivity contribution in [2.24, 2.45) is 5.92 Å². The first-order chi connectivity index (χ1) is 11.9. The highest BCUT2D eigenvalue weighted by molar-refractivity contribution is 7.92. The topological polar surface area (TPSA) is 84.2 Å². The highest BCUT2D eigenvalue weighted by Crippen LogP contribution is 2.45. The van der Waals surface area contributed by atoms with Crippen molar-refractivity contribution in [2.45, 2.75) is 41.7 Å². The minimum atomic E-state index is -5.99. The zero-order valence-corrected chi connectivity index (χ0v) is 13.6. The number of hydrogen-bond donors (Lipinski definition) is 0. The second kappa shape index (κ2) is 5.64. The molecule has 0 heterocycles. The third-order valence-corrected chi connectivity index (χ3v) is 5.88. The first-order valence-corrected chi connectivity index (χ1v) is 8.83. The first kappa shape index (κ1) is 18.6. The molecular formula is C15H10F5NO4S. The number of nitriles is 1. The molecule has 11 heteroatoms. The summed E-state index contributed by atoms with van der Waals surface area (Å²) < 4.78 is 94.8. The summed E-state index contributed by atoms with van der Waals surface area (Å²) in [5, 5.41) is 8.71. The van der Waals surface area contributed by atoms with E-state index in [4.69, 9.17) is 10.00 Å². The summed E-state index contributed by atoms with van der Waals surface area (Å²) in [6.45, 7) is 0. The van der Waals surface area contributed by atoms with Crippen LogP contribution in [0.2, 0.25) is 0 Å². The maximum atomic E-state index is 13.8. The van der Waals surface area contributed by atoms with E-state index in [2.05, 4.69) is 0 Å². The molecule has 1 saturated carbocycles. The molecule has 0 aliphatic heterocycles. The Labute approximate surface area is 144 Å². The van der Waals surface area contributed by atoms with E-state index >= 15 is 0 Å². The molecule has 5 nitrogen and oxygen atoms in total. The van der Waals surface area contributed by atoms with Gasteiger partial charge in [0.1, 0.15) is 11.9 Å². The van der Waals surface area contributed by atoms with Gasteiger partial charge in [0.25, 0.3) is 9.84 Å². The highest BCUT2D eigenvalue weighted by Gasteiger charge is 2.55. The van der Waals surface area contributed by atoms with Crippen LogP contribution in [0.15, 0.2) is 17.0 Å². The molecule has 0 unspecified atom stereocenters. The predicted molar refractivity (Wildman–Crippen MR) is 75.4 cm³/mol. The second-order valence-corrected chi connectivity index (χ2v) is 8.02. The van der Waals surface area contributed by atoms with Crippen molar-refractivity contribution in [1.29, 1.82) is 5.26 Å². The van der Waals surface area contributed by atoms with Crippen molar-refractivity contribution in [2.75, 3.05) is 0 Å². The van der Waals surface area contributed by atoms with Gasteiger partial charge < -0.3 is 4.74 Å². The van der Waals surface area contributed by atoms with Crippen LogP contribution >= 0.6 is 0 Å². The molecule has 0 spiro atoms. The fourth-order valence-electron chi connectivity index (χ4n) is 2.92. The number of Topliss-reactive ketones (excluding diaryl/α,β-unsaturated/α-hetero) is 1. The maximum absolute atomic E-state index is 13.8. The van der Waals surface area contributed by atoms with Gasteiger partial charge in [0.2, 0.25) is 5.78 Å². The Hall–Kier alpha value is -2.22. The molecule has 26 heavy (non-hydrogen) atoms. The molecule has 2 aliphatic carbocycles. The van der Waals surface area contributed by atoms with Gasteiger partial charge in [-0.2, -0.15) is 27.2 Å². The van der Waals surface area contributed by atoms with Crippen LogP contribution in [0, 0.1) is 17.2 Å². The standard InChI is InChI=1S/C15H10F5NO4S/c16-14(17)5-9-10(25-8-3-7(4-8)6-21)1-2-11(12(9)13(14)22)26(23,24)15(18,19)20/h1-2,7-8H,3-5H2. The quantitative estimate of drug-likeness (QED) is 0.735. The summed E-state index contributed by atoms with van der Waals surface area (Å²) in [6, 6.07) is 3.27. The van der Waals surface area contributed by atoms with Gasteiger partial charge in [-0.15, -0.1) is 0 Å². The van der Waals surface area contributed by atoms with E-state index in [1.54, 1.807) is 0 Å². The summed E-state index contributed by atoms with van der Waals surface area (Å²) in [5.74, 6) is -6.55. The van der Waals surface area contributed by atoms with Crippen LogP contribution in [-0.4, -0.2) is 31.7 Å². The number of hydrogen-bond acceptors (Lipinski definition) is 5. The number of nitrogens with zero attached hydrogens (tertiary/aromatic N) is 1. The van der Waals surface area contributed by atoms with Crippen LogP contribution in [-0.2, 0) is 16.3 Å². The molecule has 1 aromatic carbocycles. The fraction of sp³-hybridized carbons (Fsp3) is 0.467. The van der Waals surface area contributed by atoms with Gasteiger partial charge in [-0.25, -0.2) is 8.42 Å². The largest absolute Gasteiger partial charge is 0.501 e. The van der Waals surface area contributed by atoms with Crippen LogP contribution in [0.3, 0.4) is 0 Å². The third kappa shape index (κ3) is 2.72. The number of halogens is 5. The van der Waals surface area contributed by atoms with Crippen molar-refractivity contribution in [3.05, 3.63) is 23.3 Å². The summed E-state index contributed by atoms with van der Waals surface area (Å²) in [4.78, 5) is 10.4. The van der Waals surface area contributed by atoms with Gasteiger partial charge in [0.05, 0.1) is 22.4 Å². The summed E-state index contributed by atoms with van der Waals surface area (Å²) >= 11 is 0. The van der Waals surface area contributed by atoms with Crippen molar-refractivity contribution in [3.8, 4) is 11.8 Å². The minimum absolute atomic E-state index is 0.270. The van der Waals surface area contributed by atoms with E-state index in [1.165, 1.54) is 0 Å². The van der Waals surface area contributed by atoms with E-state index in [9.17, 15) is 35.2 Å². The van der Waals surface area contributed by atoms with Crippen LogP contribution in [0.25, 0.3) is 0 Å². The lowest BCUT2D eigenvalue weighted by molar-refractivity contribution is -0.0436. The average Bonchev–Trinajstić information content (AvgIpc) is 2.72. The Morgan fingerprint density at radius 2 is 1.85 bits per heavy atom. The van der Waals surface area contributed by atoms with Crippen molar-refractivity contribution < 1.29 is 39.9 Å². The van der Waals surface area contributed by atoms with Crippen LogP contribution in [0.4, 0.5) is 22.0 Å². The van der Waals surface area contributed by atoms with E-state index in [0.717, 1.165) is 6.07 Å². The zero-order valence-electron chi connectivity index (χ0n) is 12.8. The van der Waals surface area contributed by atoms with Gasteiger partial charge in [-0.3, -0.25) is 4.79 Å². The van der Waals surface area contributed by atoms with Crippen LogP contribution in [0.5, 0.6) is 5.75 Å². The monoisotopic (exact) mass is 395 g/mol. The Bertz CT molecular complexity index is 927. The lowest BCUT2D eigenvalue weighted by atomic mass is 9.83. The lowest BCUT2D eigenvalue weighted by Crippen LogP contribution is -2.33. The number of ketones is 1. The van der Waals surface area contributed by atoms with Gasteiger partial charge in [0, 0.05) is 24.8 Å². The molecule has 0 radical (unpaired) electrons. The lowest BCUT2D eigenvalue weighted by Gasteiger charge is -2.31. The van der Waals surface area contributed by atoms with E-state index in [-0.39, 0.29) is 11.7 Å². The predicted octanol–water partition coefficient (Wildman–Crippen LogP) is 3.04. The summed E-state index contributed by atoms with van der Waals surface area (Å²) in [5.41, 5.74) is -7.48. The average molecular weight is 395 g/mol. The van der Waals surface area contributed by atoms with Crippen LogP contribution < -0.4 is 4.74 Å². The zero-order chi connectivity index (χ0) is 19.5. The Balaban J connectivity index is 2.08. The summed E-state index contributed by atoms with van der Waals surface area (Å²) in [6.07, 6.45) is -1.15. The number of sulfone groups is 1. The number of rotatable bonds is 3. The molecule has 0 bridgehead atoms. The Morgan fingerprint density at radius 3 is 2.38 bits per heavy atom. The number of carbonyl (C=O) groups is 1. The molecule has 0 aromatic heterocycles. The number of alkyl halides is 5. The Morgan fingerprint density at radius 1 is 1.23 bits per heavy atom. The van der Waals surface area contributed by atoms with Crippen molar-refractivity contribution >= 4 is 15.6 Å². The van der Waals surface area contributed by atoms with Gasteiger partial charge >= 0.3 is 11.4 Å². The molecule has 0 N–H and O–H groups in total. The van der Waals surface area contributed by atoms with Gasteiger partial charge in [-0.1, -0.05) is 0 Å². The highest BCUT2D eigenvalue weighted by atomic mass is 32.2. The van der Waals surface area contributed by atoms with Crippen LogP contribution in [0.1, 0.15) is 28.8 Å². The first-order valence-electron chi connectivity index (χ1n) is 7.34. The molecule has 1 aromatic rings. The Kier molecular flexibility index (Phi) is 4.03. The van der Waals surface area contributed by atoms with E-state index < -0.39 is 55.6 Å². The van der Waals surface area contributed by atoms with E-state index in [1.807, 2.05) is 6.07 Å². The molecule has 3 rings (SSSR count). The SMILES string of the molecule is N#CC1CC(Oc2ccc(S(=O)(=O)C(F)(F)F)c3c2CC(F)(F)C3=O)C1. The number of benzene rings is 1. The van der Waals surface area contributed by atoms with E-state index in [0.29, 0.717) is 18.9 Å². The van der Waals surface area contributed by atoms with Crippen molar-refractivity contribution in [3.63, 3.8) is 0 Å². The summed E-state index contributed by atoms with van der Waals surface area (Å²) in [7, 11) is -5.99. The number of fused-ring (bicyclic) bond motifs is 1. The molecule has 140 valence electrons. The molecule has 0 atom stereocenters. The second-order valence-electron chi connectivity index (χ2n) is 6.11. The maximum Gasteiger partial charge on any atom is 0.501 e. The van der Waals surface area contributed by atoms with Gasteiger partial charge in [-0.05, 0) is 12.1 Å². The molecule has 1 fully saturated rings. The number of ether oxygens (including phenoxy) is 1.